The molecule has 5 aromatic rings. The summed E-state index contributed by atoms with van der Waals surface area (Å²) >= 11 is 0. The van der Waals surface area contributed by atoms with Gasteiger partial charge in [0.05, 0.1) is 6.61 Å². The lowest BCUT2D eigenvalue weighted by molar-refractivity contribution is 0.305. The van der Waals surface area contributed by atoms with Crippen molar-refractivity contribution in [2.24, 2.45) is 0 Å². The molecular formula is C29H27N5O2. The second-order valence-corrected chi connectivity index (χ2v) is 8.29. The minimum atomic E-state index is 0.571. The molecule has 3 aromatic carbocycles. The minimum absolute atomic E-state index is 0.571. The Labute approximate surface area is 210 Å². The maximum atomic E-state index is 5.94. The highest BCUT2D eigenvalue weighted by Crippen LogP contribution is 2.17. The summed E-state index contributed by atoms with van der Waals surface area (Å²) in [5.41, 5.74) is 4.85. The first-order chi connectivity index (χ1) is 17.8. The highest BCUT2D eigenvalue weighted by molar-refractivity contribution is 5.81. The van der Waals surface area contributed by atoms with Crippen molar-refractivity contribution in [2.45, 2.75) is 19.4 Å². The van der Waals surface area contributed by atoms with Gasteiger partial charge < -0.3 is 14.8 Å². The zero-order valence-electron chi connectivity index (χ0n) is 19.9. The highest BCUT2D eigenvalue weighted by atomic mass is 16.5. The molecule has 0 saturated carbocycles. The van der Waals surface area contributed by atoms with Crippen molar-refractivity contribution in [1.29, 1.82) is 0 Å². The molecule has 2 heterocycles. The minimum Gasteiger partial charge on any atom is -0.493 e. The molecule has 7 nitrogen and oxygen atoms in total. The van der Waals surface area contributed by atoms with Gasteiger partial charge in [-0.05, 0) is 47.4 Å². The van der Waals surface area contributed by atoms with Crippen LogP contribution in [0.4, 0.5) is 5.82 Å². The Morgan fingerprint density at radius 2 is 1.31 bits per heavy atom. The van der Waals surface area contributed by atoms with Gasteiger partial charge in [-0.15, -0.1) is 0 Å². The molecule has 0 atom stereocenters. The molecule has 0 saturated heterocycles. The number of hydrogen-bond donors (Lipinski definition) is 1. The SMILES string of the molecule is c1ccc(COc2ccc(CCOc3ccc(CCNc4ncnc5nccnc45)cc3)cc2)cc1. The van der Waals surface area contributed by atoms with Gasteiger partial charge in [-0.2, -0.15) is 0 Å². The summed E-state index contributed by atoms with van der Waals surface area (Å²) in [6.45, 7) is 1.92. The number of fused-ring (bicyclic) bond motifs is 1. The molecule has 2 aromatic heterocycles. The number of hydrogen-bond acceptors (Lipinski definition) is 7. The summed E-state index contributed by atoms with van der Waals surface area (Å²) in [6, 6.07) is 26.6. The monoisotopic (exact) mass is 477 g/mol. The van der Waals surface area contributed by atoms with Gasteiger partial charge in [-0.3, -0.25) is 0 Å². The van der Waals surface area contributed by atoms with Gasteiger partial charge in [0.2, 0.25) is 0 Å². The van der Waals surface area contributed by atoms with Crippen LogP contribution in [0.5, 0.6) is 11.5 Å². The van der Waals surface area contributed by atoms with Crippen LogP contribution in [-0.4, -0.2) is 33.1 Å². The van der Waals surface area contributed by atoms with Crippen LogP contribution in [0, 0.1) is 0 Å². The Morgan fingerprint density at radius 1 is 0.611 bits per heavy atom. The van der Waals surface area contributed by atoms with Crippen molar-refractivity contribution < 1.29 is 9.47 Å². The average Bonchev–Trinajstić information content (AvgIpc) is 2.94. The number of nitrogens with zero attached hydrogens (tertiary/aromatic N) is 4. The molecule has 0 unspecified atom stereocenters. The number of nitrogens with one attached hydrogen (secondary N) is 1. The van der Waals surface area contributed by atoms with Crippen LogP contribution < -0.4 is 14.8 Å². The first-order valence-electron chi connectivity index (χ1n) is 12.0. The van der Waals surface area contributed by atoms with Gasteiger partial charge in [0, 0.05) is 25.4 Å². The van der Waals surface area contributed by atoms with E-state index in [1.807, 2.05) is 42.5 Å². The fourth-order valence-corrected chi connectivity index (χ4v) is 3.78. The summed E-state index contributed by atoms with van der Waals surface area (Å²) < 4.78 is 11.8. The summed E-state index contributed by atoms with van der Waals surface area (Å²) in [7, 11) is 0. The standard InChI is InChI=1S/C29H27N5O2/c1-2-4-24(5-3-1)20-36-26-12-8-23(9-13-26)15-19-35-25-10-6-22(7-11-25)14-16-31-28-27-29(34-21-33-28)32-18-17-30-27/h1-13,17-18,21H,14-16,19-20H2,(H,31,32,33,34). The maximum Gasteiger partial charge on any atom is 0.183 e. The van der Waals surface area contributed by atoms with Gasteiger partial charge in [0.15, 0.2) is 11.5 Å². The summed E-state index contributed by atoms with van der Waals surface area (Å²) in [4.78, 5) is 17.0. The third-order valence-electron chi connectivity index (χ3n) is 5.73. The Bertz CT molecular complexity index is 1370. The summed E-state index contributed by atoms with van der Waals surface area (Å²) in [6.07, 6.45) is 6.46. The van der Waals surface area contributed by atoms with Gasteiger partial charge in [-0.1, -0.05) is 54.6 Å². The lowest BCUT2D eigenvalue weighted by Gasteiger charge is -2.10. The van der Waals surface area contributed by atoms with E-state index >= 15 is 0 Å². The molecule has 7 heteroatoms. The summed E-state index contributed by atoms with van der Waals surface area (Å²) in [5.74, 6) is 2.44. The van der Waals surface area contributed by atoms with Gasteiger partial charge >= 0.3 is 0 Å². The first-order valence-corrected chi connectivity index (χ1v) is 12.0. The molecule has 0 aliphatic heterocycles. The van der Waals surface area contributed by atoms with E-state index in [1.165, 1.54) is 17.5 Å². The van der Waals surface area contributed by atoms with E-state index in [0.29, 0.717) is 30.2 Å². The van der Waals surface area contributed by atoms with Crippen LogP contribution in [0.2, 0.25) is 0 Å². The lowest BCUT2D eigenvalue weighted by Crippen LogP contribution is -2.08. The van der Waals surface area contributed by atoms with E-state index in [1.54, 1.807) is 12.4 Å². The van der Waals surface area contributed by atoms with E-state index < -0.39 is 0 Å². The average molecular weight is 478 g/mol. The molecule has 0 aliphatic rings. The quantitative estimate of drug-likeness (QED) is 0.277. The number of rotatable bonds is 11. The molecule has 0 amide bonds. The first kappa shape index (κ1) is 23.2. The Hall–Kier alpha value is -4.52. The smallest absolute Gasteiger partial charge is 0.183 e. The van der Waals surface area contributed by atoms with E-state index in [0.717, 1.165) is 36.4 Å². The predicted octanol–water partition coefficient (Wildman–Crippen LogP) is 5.27. The second kappa shape index (κ2) is 11.8. The van der Waals surface area contributed by atoms with Crippen molar-refractivity contribution in [3.05, 3.63) is 114 Å². The van der Waals surface area contributed by atoms with Crippen LogP contribution in [0.3, 0.4) is 0 Å². The van der Waals surface area contributed by atoms with Crippen LogP contribution in [0.25, 0.3) is 11.2 Å². The molecular weight excluding hydrogens is 450 g/mol. The molecule has 0 radical (unpaired) electrons. The fourth-order valence-electron chi connectivity index (χ4n) is 3.78. The van der Waals surface area contributed by atoms with Crippen molar-refractivity contribution in [3.8, 4) is 11.5 Å². The zero-order chi connectivity index (χ0) is 24.4. The Morgan fingerprint density at radius 3 is 2.08 bits per heavy atom. The van der Waals surface area contributed by atoms with Crippen LogP contribution in [0.15, 0.2) is 97.6 Å². The molecule has 180 valence electrons. The van der Waals surface area contributed by atoms with Crippen molar-refractivity contribution in [1.82, 2.24) is 19.9 Å². The topological polar surface area (TPSA) is 82.0 Å². The highest BCUT2D eigenvalue weighted by Gasteiger charge is 2.05. The van der Waals surface area contributed by atoms with Crippen LogP contribution in [-0.2, 0) is 19.4 Å². The molecule has 0 fully saturated rings. The van der Waals surface area contributed by atoms with E-state index in [2.05, 4.69) is 61.7 Å². The van der Waals surface area contributed by atoms with Crippen molar-refractivity contribution >= 4 is 17.0 Å². The van der Waals surface area contributed by atoms with Crippen molar-refractivity contribution in [2.75, 3.05) is 18.5 Å². The van der Waals surface area contributed by atoms with Crippen LogP contribution in [0.1, 0.15) is 16.7 Å². The van der Waals surface area contributed by atoms with E-state index in [4.69, 9.17) is 9.47 Å². The van der Waals surface area contributed by atoms with E-state index in [9.17, 15) is 0 Å². The molecule has 0 aliphatic carbocycles. The molecule has 0 spiro atoms. The Kier molecular flexibility index (Phi) is 7.58. The molecule has 5 rings (SSSR count). The van der Waals surface area contributed by atoms with Gasteiger partial charge in [0.1, 0.15) is 29.9 Å². The van der Waals surface area contributed by atoms with Crippen LogP contribution >= 0.6 is 0 Å². The fraction of sp³-hybridized carbons (Fsp3) is 0.172. The number of anilines is 1. The number of benzene rings is 3. The molecule has 0 bridgehead atoms. The molecule has 1 N–H and O–H groups in total. The number of ether oxygens (including phenoxy) is 2. The summed E-state index contributed by atoms with van der Waals surface area (Å²) in [5, 5.41) is 3.33. The maximum absolute atomic E-state index is 5.94. The normalized spacial score (nSPS) is 10.8. The van der Waals surface area contributed by atoms with Gasteiger partial charge in [-0.25, -0.2) is 19.9 Å². The lowest BCUT2D eigenvalue weighted by atomic mass is 10.1. The third kappa shape index (κ3) is 6.33. The second-order valence-electron chi connectivity index (χ2n) is 8.29. The predicted molar refractivity (Wildman–Crippen MR) is 140 cm³/mol. The van der Waals surface area contributed by atoms with Crippen molar-refractivity contribution in [3.63, 3.8) is 0 Å². The Balaban J connectivity index is 1.04. The zero-order valence-corrected chi connectivity index (χ0v) is 19.9. The molecule has 36 heavy (non-hydrogen) atoms. The third-order valence-corrected chi connectivity index (χ3v) is 5.73. The van der Waals surface area contributed by atoms with Gasteiger partial charge in [0.25, 0.3) is 0 Å². The largest absolute Gasteiger partial charge is 0.493 e. The van der Waals surface area contributed by atoms with E-state index in [-0.39, 0.29) is 0 Å². The number of aromatic nitrogens is 4.